The highest BCUT2D eigenvalue weighted by Crippen LogP contribution is 2.32. The minimum Gasteiger partial charge on any atom is -0.352 e. The van der Waals surface area contributed by atoms with Gasteiger partial charge in [-0.2, -0.15) is 5.10 Å². The highest BCUT2D eigenvalue weighted by Gasteiger charge is 2.32. The maximum Gasteiger partial charge on any atom is 0.252 e. The summed E-state index contributed by atoms with van der Waals surface area (Å²) in [5.41, 5.74) is 5.55. The number of nitrogens with one attached hydrogen (secondary N) is 1. The van der Waals surface area contributed by atoms with Gasteiger partial charge in [-0.05, 0) is 38.3 Å². The molecular weight excluding hydrogens is 460 g/mol. The van der Waals surface area contributed by atoms with Crippen molar-refractivity contribution in [2.24, 2.45) is 0 Å². The lowest BCUT2D eigenvalue weighted by Crippen LogP contribution is -2.26. The van der Waals surface area contributed by atoms with E-state index in [0.717, 1.165) is 23.1 Å². The van der Waals surface area contributed by atoms with Gasteiger partial charge >= 0.3 is 0 Å². The summed E-state index contributed by atoms with van der Waals surface area (Å²) in [5.74, 6) is -0.00995. The van der Waals surface area contributed by atoms with Crippen LogP contribution in [0.2, 0.25) is 0 Å². The number of rotatable bonds is 6. The van der Waals surface area contributed by atoms with Crippen LogP contribution in [0.1, 0.15) is 39.6 Å². The first kappa shape index (κ1) is 23.2. The molecule has 0 radical (unpaired) electrons. The van der Waals surface area contributed by atoms with Gasteiger partial charge in [-0.25, -0.2) is 18.1 Å². The van der Waals surface area contributed by atoms with E-state index >= 15 is 0 Å². The summed E-state index contributed by atoms with van der Waals surface area (Å²) in [4.78, 5) is 18.3. The SMILES string of the molecule is Cc1ccc(-c2cc(C(=O)NCCc3ccccc3)c3c(C)nn(C4CCS(=O)(=O)C4)c3n2)cc1. The average Bonchev–Trinajstić information content (AvgIpc) is 3.38. The molecule has 1 fully saturated rings. The molecule has 7 nitrogen and oxygen atoms in total. The fraction of sp³-hybridized carbons (Fsp3) is 0.296. The van der Waals surface area contributed by atoms with Crippen LogP contribution in [0.3, 0.4) is 0 Å². The zero-order chi connectivity index (χ0) is 24.6. The molecule has 2 aromatic heterocycles. The molecule has 2 aromatic carbocycles. The molecule has 1 atom stereocenters. The lowest BCUT2D eigenvalue weighted by molar-refractivity contribution is 0.0955. The van der Waals surface area contributed by atoms with Crippen molar-refractivity contribution in [1.82, 2.24) is 20.1 Å². The molecule has 8 heteroatoms. The second-order valence-corrected chi connectivity index (χ2v) is 11.4. The molecule has 3 heterocycles. The second-order valence-electron chi connectivity index (χ2n) is 9.20. The number of sulfone groups is 1. The van der Waals surface area contributed by atoms with Crippen molar-refractivity contribution in [3.63, 3.8) is 0 Å². The third-order valence-corrected chi connectivity index (χ3v) is 8.28. The van der Waals surface area contributed by atoms with Gasteiger partial charge in [-0.1, -0.05) is 60.2 Å². The van der Waals surface area contributed by atoms with Crippen LogP contribution in [-0.2, 0) is 16.3 Å². The maximum atomic E-state index is 13.4. The Balaban J connectivity index is 1.55. The maximum absolute atomic E-state index is 13.4. The summed E-state index contributed by atoms with van der Waals surface area (Å²) >= 11 is 0. The fourth-order valence-electron chi connectivity index (χ4n) is 4.65. The Kier molecular flexibility index (Phi) is 6.15. The Labute approximate surface area is 205 Å². The van der Waals surface area contributed by atoms with Crippen LogP contribution in [0.25, 0.3) is 22.3 Å². The first-order valence-electron chi connectivity index (χ1n) is 11.8. The van der Waals surface area contributed by atoms with Gasteiger partial charge in [-0.3, -0.25) is 4.79 Å². The molecular formula is C27H28N4O3S. The van der Waals surface area contributed by atoms with Crippen molar-refractivity contribution in [3.05, 3.63) is 83.0 Å². The Morgan fingerprint density at radius 3 is 2.51 bits per heavy atom. The predicted octanol–water partition coefficient (Wildman–Crippen LogP) is 4.05. The van der Waals surface area contributed by atoms with Gasteiger partial charge in [0.25, 0.3) is 5.91 Å². The zero-order valence-electron chi connectivity index (χ0n) is 19.9. The van der Waals surface area contributed by atoms with Crippen LogP contribution in [-0.4, -0.2) is 47.1 Å². The van der Waals surface area contributed by atoms with E-state index in [0.29, 0.717) is 41.0 Å². The summed E-state index contributed by atoms with van der Waals surface area (Å²) in [6, 6.07) is 19.5. The molecule has 180 valence electrons. The minimum atomic E-state index is -3.10. The number of nitrogens with zero attached hydrogens (tertiary/aromatic N) is 3. The fourth-order valence-corrected chi connectivity index (χ4v) is 6.34. The van der Waals surface area contributed by atoms with Gasteiger partial charge in [0.1, 0.15) is 0 Å². The third kappa shape index (κ3) is 4.84. The van der Waals surface area contributed by atoms with Crippen molar-refractivity contribution in [2.75, 3.05) is 18.1 Å². The highest BCUT2D eigenvalue weighted by molar-refractivity contribution is 7.91. The number of hydrogen-bond donors (Lipinski definition) is 1. The number of aryl methyl sites for hydroxylation is 2. The molecule has 1 saturated heterocycles. The molecule has 1 unspecified atom stereocenters. The molecule has 1 aliphatic rings. The number of hydrogen-bond acceptors (Lipinski definition) is 5. The van der Waals surface area contributed by atoms with Gasteiger partial charge in [0.2, 0.25) is 0 Å². The molecule has 35 heavy (non-hydrogen) atoms. The number of amides is 1. The van der Waals surface area contributed by atoms with Crippen LogP contribution in [0.15, 0.2) is 60.7 Å². The number of fused-ring (bicyclic) bond motifs is 1. The Morgan fingerprint density at radius 2 is 1.83 bits per heavy atom. The molecule has 0 bridgehead atoms. The van der Waals surface area contributed by atoms with E-state index in [2.05, 4.69) is 10.4 Å². The summed E-state index contributed by atoms with van der Waals surface area (Å²) in [6.45, 7) is 4.36. The molecule has 1 N–H and O–H groups in total. The van der Waals surface area contributed by atoms with Crippen LogP contribution in [0.4, 0.5) is 0 Å². The van der Waals surface area contributed by atoms with Gasteiger partial charge in [-0.15, -0.1) is 0 Å². The topological polar surface area (TPSA) is 94.0 Å². The monoisotopic (exact) mass is 488 g/mol. The molecule has 5 rings (SSSR count). The van der Waals surface area contributed by atoms with E-state index < -0.39 is 9.84 Å². The normalized spacial score (nSPS) is 17.0. The molecule has 0 aliphatic carbocycles. The highest BCUT2D eigenvalue weighted by atomic mass is 32.2. The van der Waals surface area contributed by atoms with E-state index in [9.17, 15) is 13.2 Å². The van der Waals surface area contributed by atoms with Gasteiger partial charge in [0.05, 0.1) is 39.9 Å². The summed E-state index contributed by atoms with van der Waals surface area (Å²) in [6.07, 6.45) is 1.22. The predicted molar refractivity (Wildman–Crippen MR) is 137 cm³/mol. The van der Waals surface area contributed by atoms with Crippen LogP contribution in [0, 0.1) is 13.8 Å². The molecule has 4 aromatic rings. The van der Waals surface area contributed by atoms with Crippen molar-refractivity contribution >= 4 is 26.8 Å². The van der Waals surface area contributed by atoms with E-state index in [1.807, 2.05) is 74.5 Å². The quantitative estimate of drug-likeness (QED) is 0.442. The number of pyridine rings is 1. The Morgan fingerprint density at radius 1 is 1.09 bits per heavy atom. The average molecular weight is 489 g/mol. The van der Waals surface area contributed by atoms with Crippen molar-refractivity contribution in [3.8, 4) is 11.3 Å². The van der Waals surface area contributed by atoms with Crippen molar-refractivity contribution in [2.45, 2.75) is 32.7 Å². The van der Waals surface area contributed by atoms with Gasteiger partial charge < -0.3 is 5.32 Å². The lowest BCUT2D eigenvalue weighted by Gasteiger charge is -2.12. The largest absolute Gasteiger partial charge is 0.352 e. The second kappa shape index (κ2) is 9.26. The van der Waals surface area contributed by atoms with Gasteiger partial charge in [0, 0.05) is 12.1 Å². The standard InChI is InChI=1S/C27H28N4O3S/c1-18-8-10-21(11-9-18)24-16-23(27(32)28-14-12-20-6-4-3-5-7-20)25-19(2)30-31(26(25)29-24)22-13-15-35(33,34)17-22/h3-11,16,22H,12-15,17H2,1-2H3,(H,28,32). The van der Waals surface area contributed by atoms with E-state index in [1.54, 1.807) is 4.68 Å². The first-order valence-corrected chi connectivity index (χ1v) is 13.6. The summed E-state index contributed by atoms with van der Waals surface area (Å²) < 4.78 is 26.0. The minimum absolute atomic E-state index is 0.0399. The van der Waals surface area contributed by atoms with Crippen molar-refractivity contribution < 1.29 is 13.2 Å². The van der Waals surface area contributed by atoms with Crippen molar-refractivity contribution in [1.29, 1.82) is 0 Å². The summed E-state index contributed by atoms with van der Waals surface area (Å²) in [7, 11) is -3.10. The molecule has 1 amide bonds. The van der Waals surface area contributed by atoms with E-state index in [4.69, 9.17) is 4.98 Å². The van der Waals surface area contributed by atoms with E-state index in [1.165, 1.54) is 0 Å². The molecule has 0 saturated carbocycles. The van der Waals surface area contributed by atoms with Gasteiger partial charge in [0.15, 0.2) is 15.5 Å². The molecule has 1 aliphatic heterocycles. The Bertz CT molecular complexity index is 1490. The van der Waals surface area contributed by atoms with E-state index in [-0.39, 0.29) is 23.5 Å². The molecule has 0 spiro atoms. The lowest BCUT2D eigenvalue weighted by atomic mass is 10.0. The number of aromatic nitrogens is 3. The van der Waals surface area contributed by atoms with Crippen LogP contribution >= 0.6 is 0 Å². The Hall–Kier alpha value is -3.52. The van der Waals surface area contributed by atoms with Crippen LogP contribution in [0.5, 0.6) is 0 Å². The number of carbonyl (C=O) groups is 1. The number of carbonyl (C=O) groups excluding carboxylic acids is 1. The summed E-state index contributed by atoms with van der Waals surface area (Å²) in [5, 5.41) is 8.38. The zero-order valence-corrected chi connectivity index (χ0v) is 20.7. The number of benzene rings is 2. The van der Waals surface area contributed by atoms with Crippen LogP contribution < -0.4 is 5.32 Å². The smallest absolute Gasteiger partial charge is 0.252 e. The third-order valence-electron chi connectivity index (χ3n) is 6.53. The first-order chi connectivity index (χ1) is 16.8.